The highest BCUT2D eigenvalue weighted by Crippen LogP contribution is 2.12. The van der Waals surface area contributed by atoms with E-state index in [4.69, 9.17) is 9.63 Å². The molecule has 7 nitrogen and oxygen atoms in total. The molecule has 0 amide bonds. The number of aryl methyl sites for hydroxylation is 1. The number of nitrogens with zero attached hydrogens (tertiary/aromatic N) is 4. The van der Waals surface area contributed by atoms with Crippen molar-refractivity contribution in [3.63, 3.8) is 0 Å². The van der Waals surface area contributed by atoms with Crippen LogP contribution in [-0.2, 0) is 11.2 Å². The molecule has 0 saturated carbocycles. The number of aliphatic carboxylic acids is 1. The molecule has 0 fully saturated rings. The average molecular weight is 220 g/mol. The number of carboxylic acid groups (broad SMARTS) is 1. The zero-order chi connectivity index (χ0) is 11.5. The molecule has 82 valence electrons. The number of aromatic nitrogens is 4. The van der Waals surface area contributed by atoms with E-state index in [1.165, 1.54) is 0 Å². The molecule has 2 rings (SSSR count). The number of hydrogen-bond acceptors (Lipinski definition) is 6. The first-order valence-electron chi connectivity index (χ1n) is 4.49. The Morgan fingerprint density at radius 3 is 3.00 bits per heavy atom. The van der Waals surface area contributed by atoms with Gasteiger partial charge in [-0.3, -0.25) is 4.79 Å². The first kappa shape index (κ1) is 10.2. The van der Waals surface area contributed by atoms with Gasteiger partial charge < -0.3 is 9.63 Å². The molecule has 0 unspecified atom stereocenters. The molecule has 0 spiro atoms. The van der Waals surface area contributed by atoms with Crippen molar-refractivity contribution < 1.29 is 14.4 Å². The third-order valence-corrected chi connectivity index (χ3v) is 1.78. The highest BCUT2D eigenvalue weighted by molar-refractivity contribution is 5.68. The highest BCUT2D eigenvalue weighted by atomic mass is 16.5. The van der Waals surface area contributed by atoms with E-state index in [9.17, 15) is 4.79 Å². The summed E-state index contributed by atoms with van der Waals surface area (Å²) in [5.74, 6) is -0.114. The molecule has 2 aromatic rings. The predicted molar refractivity (Wildman–Crippen MR) is 51.4 cm³/mol. The molecule has 0 radical (unpaired) electrons. The van der Waals surface area contributed by atoms with E-state index in [0.717, 1.165) is 0 Å². The fourth-order valence-electron chi connectivity index (χ4n) is 1.14. The lowest BCUT2D eigenvalue weighted by molar-refractivity contribution is -0.136. The van der Waals surface area contributed by atoms with Crippen molar-refractivity contribution in [1.82, 2.24) is 20.1 Å². The van der Waals surface area contributed by atoms with Crippen molar-refractivity contribution in [2.75, 3.05) is 0 Å². The molecular formula is C9H8N4O3. The Labute approximate surface area is 90.2 Å². The summed E-state index contributed by atoms with van der Waals surface area (Å²) in [5.41, 5.74) is 0.507. The number of carboxylic acids is 1. The third-order valence-electron chi connectivity index (χ3n) is 1.78. The SMILES string of the molecule is Cc1nccc(-c2noc(CC(=O)O)n2)n1. The van der Waals surface area contributed by atoms with E-state index >= 15 is 0 Å². The van der Waals surface area contributed by atoms with Crippen LogP contribution in [0.15, 0.2) is 16.8 Å². The Kier molecular flexibility index (Phi) is 2.59. The maximum atomic E-state index is 10.4. The second-order valence-electron chi connectivity index (χ2n) is 3.07. The van der Waals surface area contributed by atoms with Gasteiger partial charge in [0.15, 0.2) is 0 Å². The second-order valence-corrected chi connectivity index (χ2v) is 3.07. The van der Waals surface area contributed by atoms with Crippen LogP contribution in [0.25, 0.3) is 11.5 Å². The van der Waals surface area contributed by atoms with E-state index in [1.54, 1.807) is 19.2 Å². The van der Waals surface area contributed by atoms with Crippen LogP contribution in [0.4, 0.5) is 0 Å². The van der Waals surface area contributed by atoms with E-state index in [2.05, 4.69) is 20.1 Å². The molecule has 0 saturated heterocycles. The molecular weight excluding hydrogens is 212 g/mol. The Morgan fingerprint density at radius 1 is 1.50 bits per heavy atom. The monoisotopic (exact) mass is 220 g/mol. The standard InChI is InChI=1S/C9H8N4O3/c1-5-10-3-2-6(11-5)9-12-7(16-13-9)4-8(14)15/h2-3H,4H2,1H3,(H,14,15). The first-order chi connectivity index (χ1) is 7.65. The zero-order valence-electron chi connectivity index (χ0n) is 8.41. The third kappa shape index (κ3) is 2.19. The van der Waals surface area contributed by atoms with Crippen LogP contribution in [0.1, 0.15) is 11.7 Å². The fraction of sp³-hybridized carbons (Fsp3) is 0.222. The maximum absolute atomic E-state index is 10.4. The number of hydrogen-bond donors (Lipinski definition) is 1. The lowest BCUT2D eigenvalue weighted by Crippen LogP contribution is -2.00. The summed E-state index contributed by atoms with van der Waals surface area (Å²) in [7, 11) is 0. The molecule has 0 aliphatic carbocycles. The van der Waals surface area contributed by atoms with Gasteiger partial charge in [0.1, 0.15) is 17.9 Å². The summed E-state index contributed by atoms with van der Waals surface area (Å²) >= 11 is 0. The van der Waals surface area contributed by atoms with Gasteiger partial charge >= 0.3 is 5.97 Å². The van der Waals surface area contributed by atoms with Gasteiger partial charge in [-0.2, -0.15) is 4.98 Å². The van der Waals surface area contributed by atoms with Gasteiger partial charge in [-0.25, -0.2) is 9.97 Å². The normalized spacial score (nSPS) is 10.3. The maximum Gasteiger partial charge on any atom is 0.312 e. The van der Waals surface area contributed by atoms with Crippen molar-refractivity contribution in [2.45, 2.75) is 13.3 Å². The summed E-state index contributed by atoms with van der Waals surface area (Å²) in [6.45, 7) is 1.74. The Balaban J connectivity index is 2.28. The minimum absolute atomic E-state index is 0.0544. The molecule has 0 aromatic carbocycles. The molecule has 0 atom stereocenters. The van der Waals surface area contributed by atoms with E-state index < -0.39 is 5.97 Å². The lowest BCUT2D eigenvalue weighted by atomic mass is 10.4. The summed E-state index contributed by atoms with van der Waals surface area (Å²) in [6, 6.07) is 1.63. The molecule has 0 aliphatic heterocycles. The lowest BCUT2D eigenvalue weighted by Gasteiger charge is -1.93. The topological polar surface area (TPSA) is 102 Å². The molecule has 0 bridgehead atoms. The van der Waals surface area contributed by atoms with Crippen LogP contribution in [-0.4, -0.2) is 31.2 Å². The Hall–Kier alpha value is -2.31. The zero-order valence-corrected chi connectivity index (χ0v) is 8.41. The molecule has 1 N–H and O–H groups in total. The minimum atomic E-state index is -1.02. The molecule has 0 aliphatic rings. The first-order valence-corrected chi connectivity index (χ1v) is 4.49. The summed E-state index contributed by atoms with van der Waals surface area (Å²) < 4.78 is 4.77. The van der Waals surface area contributed by atoms with Gasteiger partial charge in [0.05, 0.1) is 0 Å². The summed E-state index contributed by atoms with van der Waals surface area (Å²) in [5, 5.41) is 12.2. The van der Waals surface area contributed by atoms with Crippen molar-refractivity contribution in [1.29, 1.82) is 0 Å². The fourth-order valence-corrected chi connectivity index (χ4v) is 1.14. The van der Waals surface area contributed by atoms with Gasteiger partial charge in [0.25, 0.3) is 0 Å². The van der Waals surface area contributed by atoms with Crippen LogP contribution in [0.5, 0.6) is 0 Å². The van der Waals surface area contributed by atoms with Crippen molar-refractivity contribution in [3.05, 3.63) is 24.0 Å². The van der Waals surface area contributed by atoms with Gasteiger partial charge in [-0.15, -0.1) is 0 Å². The van der Waals surface area contributed by atoms with Gasteiger partial charge in [0.2, 0.25) is 11.7 Å². The van der Waals surface area contributed by atoms with E-state index in [0.29, 0.717) is 11.5 Å². The Bertz CT molecular complexity index is 523. The molecule has 2 heterocycles. The Morgan fingerprint density at radius 2 is 2.31 bits per heavy atom. The summed E-state index contributed by atoms with van der Waals surface area (Å²) in [4.78, 5) is 22.3. The smallest absolute Gasteiger partial charge is 0.312 e. The van der Waals surface area contributed by atoms with Gasteiger partial charge in [-0.1, -0.05) is 5.16 Å². The average Bonchev–Trinajstić information content (AvgIpc) is 2.65. The molecule has 16 heavy (non-hydrogen) atoms. The minimum Gasteiger partial charge on any atom is -0.481 e. The molecule has 2 aromatic heterocycles. The highest BCUT2D eigenvalue weighted by Gasteiger charge is 2.12. The largest absolute Gasteiger partial charge is 0.481 e. The molecule has 7 heteroatoms. The quantitative estimate of drug-likeness (QED) is 0.801. The summed E-state index contributed by atoms with van der Waals surface area (Å²) in [6.07, 6.45) is 1.28. The van der Waals surface area contributed by atoms with Crippen LogP contribution < -0.4 is 0 Å². The van der Waals surface area contributed by atoms with Crippen molar-refractivity contribution in [3.8, 4) is 11.5 Å². The number of rotatable bonds is 3. The van der Waals surface area contributed by atoms with Crippen LogP contribution in [0.2, 0.25) is 0 Å². The number of carbonyl (C=O) groups is 1. The predicted octanol–water partition coefficient (Wildman–Crippen LogP) is 0.462. The van der Waals surface area contributed by atoms with Gasteiger partial charge in [-0.05, 0) is 13.0 Å². The van der Waals surface area contributed by atoms with Crippen molar-refractivity contribution >= 4 is 5.97 Å². The van der Waals surface area contributed by atoms with Crippen LogP contribution in [0.3, 0.4) is 0 Å². The van der Waals surface area contributed by atoms with Crippen LogP contribution in [0, 0.1) is 6.92 Å². The van der Waals surface area contributed by atoms with Gasteiger partial charge in [0, 0.05) is 6.20 Å². The second kappa shape index (κ2) is 4.05. The van der Waals surface area contributed by atoms with Crippen LogP contribution >= 0.6 is 0 Å². The van der Waals surface area contributed by atoms with E-state index in [1.807, 2.05) is 0 Å². The van der Waals surface area contributed by atoms with E-state index in [-0.39, 0.29) is 18.1 Å². The van der Waals surface area contributed by atoms with Crippen molar-refractivity contribution in [2.24, 2.45) is 0 Å².